The summed E-state index contributed by atoms with van der Waals surface area (Å²) >= 11 is 0. The van der Waals surface area contributed by atoms with Crippen molar-refractivity contribution in [2.45, 2.75) is 57.7 Å². The second kappa shape index (κ2) is 6.44. The maximum absolute atomic E-state index is 4.51. The Morgan fingerprint density at radius 3 is 2.42 bits per heavy atom. The minimum absolute atomic E-state index is 0.338. The third-order valence-corrected chi connectivity index (χ3v) is 4.61. The van der Waals surface area contributed by atoms with Crippen LogP contribution < -0.4 is 5.32 Å². The van der Waals surface area contributed by atoms with Crippen LogP contribution in [0.1, 0.15) is 50.0 Å². The maximum Gasteiger partial charge on any atom is 0.0784 e. The molecule has 0 radical (unpaired) electrons. The maximum atomic E-state index is 4.51. The highest BCUT2D eigenvalue weighted by Gasteiger charge is 2.27. The van der Waals surface area contributed by atoms with Crippen molar-refractivity contribution in [3.8, 4) is 0 Å². The Labute approximate surface area is 116 Å². The van der Waals surface area contributed by atoms with Crippen molar-refractivity contribution in [2.75, 3.05) is 14.1 Å². The van der Waals surface area contributed by atoms with Gasteiger partial charge in [-0.1, -0.05) is 0 Å². The van der Waals surface area contributed by atoms with Crippen molar-refractivity contribution in [1.82, 2.24) is 20.2 Å². The zero-order chi connectivity index (χ0) is 13.8. The average Bonchev–Trinajstić information content (AvgIpc) is 2.46. The van der Waals surface area contributed by atoms with E-state index in [1.807, 2.05) is 6.92 Å². The first-order valence-corrected chi connectivity index (χ1v) is 7.30. The minimum Gasteiger partial charge on any atom is -0.317 e. The van der Waals surface area contributed by atoms with Gasteiger partial charge in [-0.3, -0.25) is 14.9 Å². The zero-order valence-corrected chi connectivity index (χ0v) is 12.6. The van der Waals surface area contributed by atoms with Gasteiger partial charge in [0.2, 0.25) is 0 Å². The summed E-state index contributed by atoms with van der Waals surface area (Å²) in [6, 6.07) is 1.71. The van der Waals surface area contributed by atoms with E-state index < -0.39 is 0 Å². The molecule has 0 spiro atoms. The molecule has 106 valence electrons. The van der Waals surface area contributed by atoms with Crippen LogP contribution in [0, 0.1) is 6.92 Å². The van der Waals surface area contributed by atoms with E-state index in [1.54, 1.807) is 12.4 Å². The second-order valence-electron chi connectivity index (χ2n) is 5.66. The van der Waals surface area contributed by atoms with Gasteiger partial charge in [0.25, 0.3) is 0 Å². The molecule has 1 aromatic rings. The van der Waals surface area contributed by atoms with Gasteiger partial charge in [0.05, 0.1) is 17.4 Å². The molecule has 2 rings (SSSR count). The summed E-state index contributed by atoms with van der Waals surface area (Å²) in [7, 11) is 4.30. The molecule has 1 atom stereocenters. The normalized spacial score (nSPS) is 25.5. The van der Waals surface area contributed by atoms with Crippen LogP contribution in [0.4, 0.5) is 0 Å². The Balaban J connectivity index is 2.00. The summed E-state index contributed by atoms with van der Waals surface area (Å²) in [5.41, 5.74) is 2.16. The molecule has 0 saturated heterocycles. The molecule has 1 aromatic heterocycles. The predicted octanol–water partition coefficient (Wildman–Crippen LogP) is 2.31. The number of nitrogens with zero attached hydrogens (tertiary/aromatic N) is 3. The summed E-state index contributed by atoms with van der Waals surface area (Å²) in [4.78, 5) is 11.3. The smallest absolute Gasteiger partial charge is 0.0784 e. The highest BCUT2D eigenvalue weighted by atomic mass is 15.2. The van der Waals surface area contributed by atoms with Crippen molar-refractivity contribution in [3.63, 3.8) is 0 Å². The Bertz CT molecular complexity index is 399. The SMILES string of the molecule is CNC1CCC(N(C)C(C)c2nccnc2C)CC1. The van der Waals surface area contributed by atoms with Crippen molar-refractivity contribution in [1.29, 1.82) is 0 Å². The van der Waals surface area contributed by atoms with E-state index in [1.165, 1.54) is 25.7 Å². The van der Waals surface area contributed by atoms with Crippen LogP contribution in [-0.2, 0) is 0 Å². The number of aromatic nitrogens is 2. The molecule has 1 fully saturated rings. The second-order valence-corrected chi connectivity index (χ2v) is 5.66. The number of nitrogens with one attached hydrogen (secondary N) is 1. The third kappa shape index (κ3) is 3.31. The predicted molar refractivity (Wildman–Crippen MR) is 78.1 cm³/mol. The molecular weight excluding hydrogens is 236 g/mol. The Morgan fingerprint density at radius 1 is 1.21 bits per heavy atom. The van der Waals surface area contributed by atoms with Crippen molar-refractivity contribution in [2.24, 2.45) is 0 Å². The van der Waals surface area contributed by atoms with Crippen LogP contribution >= 0.6 is 0 Å². The van der Waals surface area contributed by atoms with E-state index in [4.69, 9.17) is 0 Å². The standard InChI is InChI=1S/C15H26N4/c1-11-15(18-10-9-17-11)12(2)19(4)14-7-5-13(16-3)6-8-14/h9-10,12-14,16H,5-8H2,1-4H3. The van der Waals surface area contributed by atoms with E-state index >= 15 is 0 Å². The molecule has 0 aliphatic heterocycles. The molecule has 0 bridgehead atoms. The molecule has 4 heteroatoms. The van der Waals surface area contributed by atoms with Crippen molar-refractivity contribution < 1.29 is 0 Å². The number of hydrogen-bond acceptors (Lipinski definition) is 4. The first-order chi connectivity index (χ1) is 9.13. The highest BCUT2D eigenvalue weighted by Crippen LogP contribution is 2.28. The Hall–Kier alpha value is -1.00. The van der Waals surface area contributed by atoms with Gasteiger partial charge < -0.3 is 5.32 Å². The Morgan fingerprint density at radius 2 is 1.84 bits per heavy atom. The molecule has 1 aliphatic carbocycles. The third-order valence-electron chi connectivity index (χ3n) is 4.61. The van der Waals surface area contributed by atoms with Gasteiger partial charge in [-0.2, -0.15) is 0 Å². The fraction of sp³-hybridized carbons (Fsp3) is 0.733. The zero-order valence-electron chi connectivity index (χ0n) is 12.6. The van der Waals surface area contributed by atoms with Gasteiger partial charge in [0.15, 0.2) is 0 Å². The fourth-order valence-corrected chi connectivity index (χ4v) is 3.11. The largest absolute Gasteiger partial charge is 0.317 e. The lowest BCUT2D eigenvalue weighted by molar-refractivity contribution is 0.133. The molecular formula is C15H26N4. The van der Waals surface area contributed by atoms with Gasteiger partial charge in [0, 0.05) is 24.5 Å². The lowest BCUT2D eigenvalue weighted by atomic mass is 9.89. The van der Waals surface area contributed by atoms with E-state index in [-0.39, 0.29) is 0 Å². The lowest BCUT2D eigenvalue weighted by Gasteiger charge is -2.37. The molecule has 1 unspecified atom stereocenters. The fourth-order valence-electron chi connectivity index (χ4n) is 3.11. The van der Waals surface area contributed by atoms with Crippen LogP contribution in [0.25, 0.3) is 0 Å². The van der Waals surface area contributed by atoms with Crippen LogP contribution in [0.3, 0.4) is 0 Å². The summed E-state index contributed by atoms with van der Waals surface area (Å²) in [6.07, 6.45) is 8.65. The summed E-state index contributed by atoms with van der Waals surface area (Å²) in [6.45, 7) is 4.28. The van der Waals surface area contributed by atoms with E-state index in [9.17, 15) is 0 Å². The number of hydrogen-bond donors (Lipinski definition) is 1. The van der Waals surface area contributed by atoms with Crippen molar-refractivity contribution in [3.05, 3.63) is 23.8 Å². The monoisotopic (exact) mass is 262 g/mol. The molecule has 0 aromatic carbocycles. The first-order valence-electron chi connectivity index (χ1n) is 7.30. The molecule has 1 saturated carbocycles. The van der Waals surface area contributed by atoms with Crippen LogP contribution in [-0.4, -0.2) is 41.0 Å². The molecule has 1 heterocycles. The summed E-state index contributed by atoms with van der Waals surface area (Å²) in [5.74, 6) is 0. The van der Waals surface area contributed by atoms with E-state index in [2.05, 4.69) is 41.2 Å². The average molecular weight is 262 g/mol. The van der Waals surface area contributed by atoms with Gasteiger partial charge in [-0.15, -0.1) is 0 Å². The molecule has 19 heavy (non-hydrogen) atoms. The Kier molecular flexibility index (Phi) is 4.88. The van der Waals surface area contributed by atoms with Crippen LogP contribution in [0.2, 0.25) is 0 Å². The topological polar surface area (TPSA) is 41.0 Å². The molecule has 1 aliphatic rings. The quantitative estimate of drug-likeness (QED) is 0.904. The summed E-state index contributed by atoms with van der Waals surface area (Å²) < 4.78 is 0. The molecule has 4 nitrogen and oxygen atoms in total. The highest BCUT2D eigenvalue weighted by molar-refractivity contribution is 5.13. The molecule has 0 amide bonds. The van der Waals surface area contributed by atoms with Gasteiger partial charge >= 0.3 is 0 Å². The van der Waals surface area contributed by atoms with Gasteiger partial charge in [-0.05, 0) is 53.6 Å². The van der Waals surface area contributed by atoms with E-state index in [0.717, 1.165) is 11.4 Å². The molecule has 1 N–H and O–H groups in total. The van der Waals surface area contributed by atoms with Gasteiger partial charge in [0.1, 0.15) is 0 Å². The lowest BCUT2D eigenvalue weighted by Crippen LogP contribution is -2.41. The summed E-state index contributed by atoms with van der Waals surface area (Å²) in [5, 5.41) is 3.39. The first kappa shape index (κ1) is 14.4. The van der Waals surface area contributed by atoms with E-state index in [0.29, 0.717) is 18.1 Å². The van der Waals surface area contributed by atoms with Crippen molar-refractivity contribution >= 4 is 0 Å². The van der Waals surface area contributed by atoms with Crippen LogP contribution in [0.15, 0.2) is 12.4 Å². The number of rotatable bonds is 4. The number of aryl methyl sites for hydroxylation is 1. The minimum atomic E-state index is 0.338. The van der Waals surface area contributed by atoms with Gasteiger partial charge in [-0.25, -0.2) is 0 Å². The van der Waals surface area contributed by atoms with Crippen LogP contribution in [0.5, 0.6) is 0 Å².